The van der Waals surface area contributed by atoms with Crippen molar-refractivity contribution >= 4 is 5.91 Å². The van der Waals surface area contributed by atoms with Crippen molar-refractivity contribution in [3.63, 3.8) is 0 Å². The third kappa shape index (κ3) is 3.75. The Morgan fingerprint density at radius 1 is 1.07 bits per heavy atom. The minimum Gasteiger partial charge on any atom is -0.388 e. The van der Waals surface area contributed by atoms with E-state index >= 15 is 0 Å². The van der Waals surface area contributed by atoms with Crippen molar-refractivity contribution in [2.75, 3.05) is 13.1 Å². The largest absolute Gasteiger partial charge is 0.388 e. The second-order valence-electron chi connectivity index (χ2n) is 7.32. The number of β-amino-alcohol motifs (C(OH)–C–C–N with tert-alkyl or cyclic N) is 1. The highest BCUT2D eigenvalue weighted by atomic mass is 16.3. The molecule has 138 valence electrons. The van der Waals surface area contributed by atoms with E-state index in [0.29, 0.717) is 18.7 Å². The van der Waals surface area contributed by atoms with Gasteiger partial charge in [-0.1, -0.05) is 24.3 Å². The van der Waals surface area contributed by atoms with Gasteiger partial charge in [-0.2, -0.15) is 0 Å². The summed E-state index contributed by atoms with van der Waals surface area (Å²) < 4.78 is 1.85. The molecule has 3 aromatic rings. The zero-order valence-electron chi connectivity index (χ0n) is 15.2. The Kier molecular flexibility index (Phi) is 4.49. The molecule has 1 fully saturated rings. The summed E-state index contributed by atoms with van der Waals surface area (Å²) in [6.45, 7) is 2.87. The fourth-order valence-electron chi connectivity index (χ4n) is 3.56. The van der Waals surface area contributed by atoms with Crippen LogP contribution < -0.4 is 0 Å². The monoisotopic (exact) mass is 362 g/mol. The normalized spacial score (nSPS) is 19.9. The number of carbonyl (C=O) groups excluding carboxylic acids is 1. The van der Waals surface area contributed by atoms with Gasteiger partial charge in [-0.15, -0.1) is 10.2 Å². The second-order valence-corrected chi connectivity index (χ2v) is 7.32. The number of piperidine rings is 1. The summed E-state index contributed by atoms with van der Waals surface area (Å²) in [7, 11) is 0. The minimum absolute atomic E-state index is 0.0280. The smallest absolute Gasteiger partial charge is 0.253 e. The highest BCUT2D eigenvalue weighted by molar-refractivity contribution is 5.94. The lowest BCUT2D eigenvalue weighted by Gasteiger charge is -2.36. The standard InChI is InChI=1S/C21H22N4O2/c1-21(27)10-3-11-24(13-21)20(26)17-8-6-16(7-9-17)18-4-2-5-19(12-18)25-14-22-23-15-25/h2,4-9,12,14-15,27H,3,10-11,13H2,1H3/t21-/m0/s1. The molecule has 2 heterocycles. The van der Waals surface area contributed by atoms with Crippen molar-refractivity contribution in [3.8, 4) is 16.8 Å². The summed E-state index contributed by atoms with van der Waals surface area (Å²) in [4.78, 5) is 14.5. The quantitative estimate of drug-likeness (QED) is 0.778. The summed E-state index contributed by atoms with van der Waals surface area (Å²) >= 11 is 0. The topological polar surface area (TPSA) is 71.2 Å². The fraction of sp³-hybridized carbons (Fsp3) is 0.286. The molecule has 6 nitrogen and oxygen atoms in total. The van der Waals surface area contributed by atoms with Crippen LogP contribution >= 0.6 is 0 Å². The molecule has 0 spiro atoms. The van der Waals surface area contributed by atoms with E-state index in [1.165, 1.54) is 0 Å². The lowest BCUT2D eigenvalue weighted by molar-refractivity contribution is -0.0107. The van der Waals surface area contributed by atoms with Gasteiger partial charge < -0.3 is 10.0 Å². The summed E-state index contributed by atoms with van der Waals surface area (Å²) in [5.41, 5.74) is 2.92. The number of amides is 1. The van der Waals surface area contributed by atoms with Crippen molar-refractivity contribution in [2.24, 2.45) is 0 Å². The van der Waals surface area contributed by atoms with Crippen LogP contribution in [0.4, 0.5) is 0 Å². The Morgan fingerprint density at radius 2 is 1.81 bits per heavy atom. The third-order valence-corrected chi connectivity index (χ3v) is 4.99. The molecule has 1 N–H and O–H groups in total. The summed E-state index contributed by atoms with van der Waals surface area (Å²) in [6.07, 6.45) is 4.88. The van der Waals surface area contributed by atoms with Crippen LogP contribution in [0.1, 0.15) is 30.1 Å². The highest BCUT2D eigenvalue weighted by Crippen LogP contribution is 2.25. The van der Waals surface area contributed by atoms with Crippen LogP contribution in [0.3, 0.4) is 0 Å². The lowest BCUT2D eigenvalue weighted by atomic mass is 9.94. The average molecular weight is 362 g/mol. The zero-order chi connectivity index (χ0) is 18.9. The number of hydrogen-bond acceptors (Lipinski definition) is 4. The van der Waals surface area contributed by atoms with Crippen molar-refractivity contribution in [1.29, 1.82) is 0 Å². The maximum absolute atomic E-state index is 12.7. The van der Waals surface area contributed by atoms with Crippen molar-refractivity contribution in [3.05, 3.63) is 66.7 Å². The van der Waals surface area contributed by atoms with Crippen molar-refractivity contribution in [1.82, 2.24) is 19.7 Å². The van der Waals surface area contributed by atoms with E-state index in [-0.39, 0.29) is 5.91 Å². The molecule has 0 saturated carbocycles. The van der Waals surface area contributed by atoms with Crippen LogP contribution in [0.5, 0.6) is 0 Å². The molecule has 1 aliphatic rings. The Hall–Kier alpha value is -2.99. The van der Waals surface area contributed by atoms with Gasteiger partial charge in [-0.05, 0) is 55.2 Å². The molecule has 6 heteroatoms. The Labute approximate surface area is 158 Å². The molecule has 2 aromatic carbocycles. The van der Waals surface area contributed by atoms with E-state index in [1.807, 2.05) is 47.0 Å². The lowest BCUT2D eigenvalue weighted by Crippen LogP contribution is -2.48. The molecule has 0 aliphatic carbocycles. The Morgan fingerprint density at radius 3 is 2.52 bits per heavy atom. The van der Waals surface area contributed by atoms with E-state index in [4.69, 9.17) is 0 Å². The third-order valence-electron chi connectivity index (χ3n) is 4.99. The first-order chi connectivity index (χ1) is 13.0. The van der Waals surface area contributed by atoms with Gasteiger partial charge in [-0.25, -0.2) is 0 Å². The molecule has 1 aliphatic heterocycles. The van der Waals surface area contributed by atoms with Crippen LogP contribution in [-0.4, -0.2) is 49.4 Å². The number of nitrogens with zero attached hydrogens (tertiary/aromatic N) is 4. The van der Waals surface area contributed by atoms with Gasteiger partial charge in [0.05, 0.1) is 5.60 Å². The number of benzene rings is 2. The molecule has 1 atom stereocenters. The van der Waals surface area contributed by atoms with E-state index < -0.39 is 5.60 Å². The van der Waals surface area contributed by atoms with Gasteiger partial charge in [-0.3, -0.25) is 9.36 Å². The molecular weight excluding hydrogens is 340 g/mol. The van der Waals surface area contributed by atoms with Gasteiger partial charge in [0.2, 0.25) is 0 Å². The summed E-state index contributed by atoms with van der Waals surface area (Å²) in [5, 5.41) is 17.9. The molecule has 4 rings (SSSR count). The predicted molar refractivity (Wildman–Crippen MR) is 103 cm³/mol. The van der Waals surface area contributed by atoms with Crippen molar-refractivity contribution < 1.29 is 9.90 Å². The summed E-state index contributed by atoms with van der Waals surface area (Å²) in [6, 6.07) is 15.7. The molecule has 0 bridgehead atoms. The van der Waals surface area contributed by atoms with Crippen LogP contribution in [0.2, 0.25) is 0 Å². The van der Waals surface area contributed by atoms with Crippen LogP contribution in [0, 0.1) is 0 Å². The second kappa shape index (κ2) is 6.96. The highest BCUT2D eigenvalue weighted by Gasteiger charge is 2.31. The maximum atomic E-state index is 12.7. The number of carbonyl (C=O) groups is 1. The predicted octanol–water partition coefficient (Wildman–Crippen LogP) is 2.92. The first kappa shape index (κ1) is 17.4. The molecule has 27 heavy (non-hydrogen) atoms. The van der Waals surface area contributed by atoms with Gasteiger partial charge in [0.1, 0.15) is 12.7 Å². The maximum Gasteiger partial charge on any atom is 0.253 e. The molecule has 1 saturated heterocycles. The average Bonchev–Trinajstić information content (AvgIpc) is 3.22. The number of aliphatic hydroxyl groups is 1. The van der Waals surface area contributed by atoms with E-state index in [1.54, 1.807) is 24.5 Å². The molecule has 1 aromatic heterocycles. The van der Waals surface area contributed by atoms with Gasteiger partial charge >= 0.3 is 0 Å². The van der Waals surface area contributed by atoms with Crippen LogP contribution in [0.25, 0.3) is 16.8 Å². The van der Waals surface area contributed by atoms with Gasteiger partial charge in [0.25, 0.3) is 5.91 Å². The number of aromatic nitrogens is 3. The Bertz CT molecular complexity index is 933. The summed E-state index contributed by atoms with van der Waals surface area (Å²) in [5.74, 6) is -0.0280. The SMILES string of the molecule is C[C@]1(O)CCCN(C(=O)c2ccc(-c3cccc(-n4cnnc4)c3)cc2)C1. The van der Waals surface area contributed by atoms with E-state index in [9.17, 15) is 9.90 Å². The van der Waals surface area contributed by atoms with Gasteiger partial charge in [0, 0.05) is 24.3 Å². The first-order valence-corrected chi connectivity index (χ1v) is 9.09. The van der Waals surface area contributed by atoms with E-state index in [0.717, 1.165) is 29.7 Å². The molecule has 0 radical (unpaired) electrons. The fourth-order valence-corrected chi connectivity index (χ4v) is 3.56. The number of likely N-dealkylation sites (tertiary alicyclic amines) is 1. The number of rotatable bonds is 3. The van der Waals surface area contributed by atoms with Crippen LogP contribution in [0.15, 0.2) is 61.2 Å². The van der Waals surface area contributed by atoms with Crippen LogP contribution in [-0.2, 0) is 0 Å². The molecule has 1 amide bonds. The Balaban J connectivity index is 1.54. The zero-order valence-corrected chi connectivity index (χ0v) is 15.2. The first-order valence-electron chi connectivity index (χ1n) is 9.09. The van der Waals surface area contributed by atoms with E-state index in [2.05, 4.69) is 16.3 Å². The van der Waals surface area contributed by atoms with Gasteiger partial charge in [0.15, 0.2) is 0 Å². The van der Waals surface area contributed by atoms with Crippen molar-refractivity contribution in [2.45, 2.75) is 25.4 Å². The minimum atomic E-state index is -0.795. The number of hydrogen-bond donors (Lipinski definition) is 1. The molecule has 0 unspecified atom stereocenters. The molecular formula is C21H22N4O2.